The van der Waals surface area contributed by atoms with Crippen LogP contribution in [-0.4, -0.2) is 18.2 Å². The van der Waals surface area contributed by atoms with Crippen LogP contribution in [0.4, 0.5) is 13.2 Å². The van der Waals surface area contributed by atoms with Crippen molar-refractivity contribution in [3.63, 3.8) is 0 Å². The van der Waals surface area contributed by atoms with E-state index in [1.807, 2.05) is 24.3 Å². The number of carbonyl (C=O) groups is 1. The van der Waals surface area contributed by atoms with E-state index in [2.05, 4.69) is 12.0 Å². The number of esters is 1. The first-order chi connectivity index (χ1) is 12.4. The van der Waals surface area contributed by atoms with Gasteiger partial charge in [0.05, 0.1) is 5.92 Å². The van der Waals surface area contributed by atoms with Crippen molar-refractivity contribution in [3.8, 4) is 12.0 Å². The number of rotatable bonds is 6. The zero-order valence-electron chi connectivity index (χ0n) is 14.9. The molecule has 1 aliphatic rings. The summed E-state index contributed by atoms with van der Waals surface area (Å²) in [5.74, 6) is 0.912. The van der Waals surface area contributed by atoms with Gasteiger partial charge in [0, 0.05) is 6.92 Å². The zero-order valence-corrected chi connectivity index (χ0v) is 14.9. The molecule has 2 rings (SSSR count). The molecule has 26 heavy (non-hydrogen) atoms. The lowest BCUT2D eigenvalue weighted by molar-refractivity contribution is -0.226. The van der Waals surface area contributed by atoms with Gasteiger partial charge in [0.1, 0.15) is 12.2 Å². The normalized spacial score (nSPS) is 20.3. The van der Waals surface area contributed by atoms with E-state index in [0.717, 1.165) is 11.1 Å². The molecule has 3 atom stereocenters. The van der Waals surface area contributed by atoms with Crippen LogP contribution in [-0.2, 0) is 20.7 Å². The smallest absolute Gasteiger partial charge is 0.425 e. The van der Waals surface area contributed by atoms with E-state index in [1.165, 1.54) is 0 Å². The molecule has 0 spiro atoms. The highest BCUT2D eigenvalue weighted by molar-refractivity contribution is 5.74. The molecule has 0 aromatic heterocycles. The SMILES string of the molecule is CC#COC1c2ccccc2CCC1C(=O)O[C@H](CCCC)C(F)(F)F. The average Bonchev–Trinajstić information content (AvgIpc) is 2.61. The number of fused-ring (bicyclic) bond motifs is 1. The van der Waals surface area contributed by atoms with Crippen molar-refractivity contribution in [2.75, 3.05) is 0 Å². The van der Waals surface area contributed by atoms with Gasteiger partial charge in [0.25, 0.3) is 0 Å². The fourth-order valence-corrected chi connectivity index (χ4v) is 3.13. The Kier molecular flexibility index (Phi) is 6.96. The number of hydrogen-bond donors (Lipinski definition) is 0. The van der Waals surface area contributed by atoms with Crippen molar-refractivity contribution >= 4 is 5.97 Å². The van der Waals surface area contributed by atoms with Crippen LogP contribution in [0.15, 0.2) is 24.3 Å². The highest BCUT2D eigenvalue weighted by Crippen LogP contribution is 2.39. The third-order valence-corrected chi connectivity index (χ3v) is 4.49. The summed E-state index contributed by atoms with van der Waals surface area (Å²) in [5, 5.41) is 0. The molecule has 142 valence electrons. The van der Waals surface area contributed by atoms with Crippen LogP contribution in [0.3, 0.4) is 0 Å². The fourth-order valence-electron chi connectivity index (χ4n) is 3.13. The van der Waals surface area contributed by atoms with Crippen molar-refractivity contribution in [2.45, 2.75) is 64.3 Å². The molecule has 0 saturated carbocycles. The summed E-state index contributed by atoms with van der Waals surface area (Å²) in [4.78, 5) is 12.6. The molecule has 3 nitrogen and oxygen atoms in total. The maximum absolute atomic E-state index is 13.2. The lowest BCUT2D eigenvalue weighted by Crippen LogP contribution is -2.38. The molecule has 1 aliphatic carbocycles. The fraction of sp³-hybridized carbons (Fsp3) is 0.550. The van der Waals surface area contributed by atoms with Crippen LogP contribution in [0.25, 0.3) is 0 Å². The third-order valence-electron chi connectivity index (χ3n) is 4.49. The van der Waals surface area contributed by atoms with Gasteiger partial charge in [-0.15, -0.1) is 0 Å². The van der Waals surface area contributed by atoms with E-state index in [1.54, 1.807) is 13.8 Å². The number of aryl methyl sites for hydroxylation is 1. The summed E-state index contributed by atoms with van der Waals surface area (Å²) >= 11 is 0. The monoisotopic (exact) mass is 368 g/mol. The summed E-state index contributed by atoms with van der Waals surface area (Å²) in [6.07, 6.45) is -3.23. The average molecular weight is 368 g/mol. The number of benzene rings is 1. The summed E-state index contributed by atoms with van der Waals surface area (Å²) in [5.41, 5.74) is 1.79. The summed E-state index contributed by atoms with van der Waals surface area (Å²) in [6.45, 7) is 3.38. The Morgan fingerprint density at radius 1 is 1.35 bits per heavy atom. The minimum Gasteiger partial charge on any atom is -0.452 e. The van der Waals surface area contributed by atoms with E-state index in [0.29, 0.717) is 25.7 Å². The molecule has 0 aliphatic heterocycles. The van der Waals surface area contributed by atoms with Gasteiger partial charge in [-0.05, 0) is 36.8 Å². The second-order valence-corrected chi connectivity index (χ2v) is 6.34. The van der Waals surface area contributed by atoms with Gasteiger partial charge in [-0.2, -0.15) is 13.2 Å². The quantitative estimate of drug-likeness (QED) is 0.526. The zero-order chi connectivity index (χ0) is 19.2. The molecule has 0 radical (unpaired) electrons. The summed E-state index contributed by atoms with van der Waals surface area (Å²) in [6, 6.07) is 7.42. The molecule has 1 aromatic rings. The lowest BCUT2D eigenvalue weighted by atomic mass is 9.81. The standard InChI is InChI=1S/C20H23F3O3/c1-3-5-10-17(20(21,22)23)26-19(24)16-12-11-14-8-6-7-9-15(14)18(16)25-13-4-2/h6-9,16-18H,3,5,10-12H2,1-2H3/t16?,17-,18?/m1/s1. The molecular formula is C20H23F3O3. The molecule has 0 heterocycles. The van der Waals surface area contributed by atoms with E-state index in [9.17, 15) is 18.0 Å². The molecular weight excluding hydrogens is 345 g/mol. The van der Waals surface area contributed by atoms with Crippen LogP contribution < -0.4 is 0 Å². The van der Waals surface area contributed by atoms with Gasteiger partial charge in [-0.3, -0.25) is 4.79 Å². The molecule has 0 bridgehead atoms. The first-order valence-corrected chi connectivity index (χ1v) is 8.80. The van der Waals surface area contributed by atoms with E-state index in [-0.39, 0.29) is 6.42 Å². The van der Waals surface area contributed by atoms with Crippen molar-refractivity contribution in [1.29, 1.82) is 0 Å². The van der Waals surface area contributed by atoms with Crippen LogP contribution in [0.1, 0.15) is 56.8 Å². The second-order valence-electron chi connectivity index (χ2n) is 6.34. The van der Waals surface area contributed by atoms with E-state index >= 15 is 0 Å². The molecule has 2 unspecified atom stereocenters. The Balaban J connectivity index is 2.21. The lowest BCUT2D eigenvalue weighted by Gasteiger charge is -2.32. The van der Waals surface area contributed by atoms with Crippen LogP contribution in [0, 0.1) is 17.9 Å². The van der Waals surface area contributed by atoms with Gasteiger partial charge in [-0.25, -0.2) is 0 Å². The van der Waals surface area contributed by atoms with E-state index < -0.39 is 30.3 Å². The minimum absolute atomic E-state index is 0.227. The van der Waals surface area contributed by atoms with Gasteiger partial charge < -0.3 is 9.47 Å². The Hall–Kier alpha value is -2.16. The Bertz CT molecular complexity index is 673. The number of alkyl halides is 3. The predicted octanol–water partition coefficient (Wildman–Crippen LogP) is 4.95. The highest BCUT2D eigenvalue weighted by Gasteiger charge is 2.45. The number of unbranched alkanes of at least 4 members (excludes halogenated alkanes) is 1. The first kappa shape index (κ1) is 20.2. The van der Waals surface area contributed by atoms with E-state index in [4.69, 9.17) is 9.47 Å². The maximum atomic E-state index is 13.2. The maximum Gasteiger partial charge on any atom is 0.425 e. The number of ether oxygens (including phenoxy) is 2. The van der Waals surface area contributed by atoms with Crippen molar-refractivity contribution in [3.05, 3.63) is 35.4 Å². The van der Waals surface area contributed by atoms with Gasteiger partial charge in [-0.1, -0.05) is 43.5 Å². The molecule has 0 amide bonds. The first-order valence-electron chi connectivity index (χ1n) is 8.80. The van der Waals surface area contributed by atoms with Crippen LogP contribution >= 0.6 is 0 Å². The summed E-state index contributed by atoms with van der Waals surface area (Å²) < 4.78 is 49.9. The van der Waals surface area contributed by atoms with Crippen molar-refractivity contribution in [1.82, 2.24) is 0 Å². The second kappa shape index (κ2) is 8.98. The topological polar surface area (TPSA) is 35.5 Å². The van der Waals surface area contributed by atoms with Gasteiger partial charge in [0.2, 0.25) is 0 Å². The largest absolute Gasteiger partial charge is 0.452 e. The Labute approximate surface area is 151 Å². The molecule has 1 aromatic carbocycles. The predicted molar refractivity (Wildman–Crippen MR) is 91.0 cm³/mol. The van der Waals surface area contributed by atoms with Crippen LogP contribution in [0.5, 0.6) is 0 Å². The minimum atomic E-state index is -4.57. The molecule has 6 heteroatoms. The van der Waals surface area contributed by atoms with Gasteiger partial charge >= 0.3 is 12.1 Å². The van der Waals surface area contributed by atoms with Crippen molar-refractivity contribution in [2.24, 2.45) is 5.92 Å². The molecule has 0 fully saturated rings. The molecule has 0 saturated heterocycles. The Morgan fingerprint density at radius 2 is 2.08 bits per heavy atom. The van der Waals surface area contributed by atoms with Gasteiger partial charge in [0.15, 0.2) is 6.10 Å². The third kappa shape index (κ3) is 4.94. The summed E-state index contributed by atoms with van der Waals surface area (Å²) in [7, 11) is 0. The number of halogens is 3. The Morgan fingerprint density at radius 3 is 2.73 bits per heavy atom. The highest BCUT2D eigenvalue weighted by atomic mass is 19.4. The number of hydrogen-bond acceptors (Lipinski definition) is 3. The van der Waals surface area contributed by atoms with Crippen molar-refractivity contribution < 1.29 is 27.4 Å². The van der Waals surface area contributed by atoms with Crippen LogP contribution in [0.2, 0.25) is 0 Å². The number of carbonyl (C=O) groups excluding carboxylic acids is 1. The molecule has 0 N–H and O–H groups in total.